The Kier molecular flexibility index (Phi) is 7.15. The van der Waals surface area contributed by atoms with Gasteiger partial charge in [-0.3, -0.25) is 4.99 Å². The predicted molar refractivity (Wildman–Crippen MR) is 51.0 cm³/mol. The van der Waals surface area contributed by atoms with Crippen molar-refractivity contribution in [3.63, 3.8) is 0 Å². The molecule has 0 atom stereocenters. The molecule has 0 heterocycles. The summed E-state index contributed by atoms with van der Waals surface area (Å²) in [4.78, 5) is 4.38. The third-order valence-electron chi connectivity index (χ3n) is 1.11. The average Bonchev–Trinajstić information content (AvgIpc) is 1.90. The molecule has 60 valence electrons. The summed E-state index contributed by atoms with van der Waals surface area (Å²) < 4.78 is 0. The van der Waals surface area contributed by atoms with Gasteiger partial charge in [-0.05, 0) is 19.1 Å². The number of thioether (sulfide) groups is 1. The lowest BCUT2D eigenvalue weighted by atomic mass is 10.4. The summed E-state index contributed by atoms with van der Waals surface area (Å²) in [5.74, 6) is 1.15. The fourth-order valence-corrected chi connectivity index (χ4v) is 1.66. The predicted octanol–water partition coefficient (Wildman–Crippen LogP) is 2.96. The number of nitrogens with zero attached hydrogens (tertiary/aromatic N) is 1. The third-order valence-corrected chi connectivity index (χ3v) is 2.06. The zero-order valence-electron chi connectivity index (χ0n) is 7.18. The number of hydrogen-bond acceptors (Lipinski definition) is 2. The lowest BCUT2D eigenvalue weighted by Gasteiger charge is -2.00. The van der Waals surface area contributed by atoms with Crippen LogP contribution in [0.5, 0.6) is 0 Å². The fraction of sp³-hybridized carbons (Fsp3) is 0.875. The monoisotopic (exact) mass is 159 g/mol. The van der Waals surface area contributed by atoms with Gasteiger partial charge in [-0.15, -0.1) is 11.8 Å². The van der Waals surface area contributed by atoms with Crippen molar-refractivity contribution < 1.29 is 0 Å². The lowest BCUT2D eigenvalue weighted by molar-refractivity contribution is 0.989. The van der Waals surface area contributed by atoms with Gasteiger partial charge in [-0.25, -0.2) is 0 Å². The maximum Gasteiger partial charge on any atom is 0.0675 e. The van der Waals surface area contributed by atoms with E-state index in [0.29, 0.717) is 0 Å². The molecule has 0 amide bonds. The summed E-state index contributed by atoms with van der Waals surface area (Å²) in [7, 11) is 0. The van der Waals surface area contributed by atoms with Gasteiger partial charge in [0.15, 0.2) is 0 Å². The molecule has 0 rings (SSSR count). The second-order valence-corrected chi connectivity index (χ2v) is 3.39. The van der Waals surface area contributed by atoms with Crippen LogP contribution in [0, 0.1) is 0 Å². The lowest BCUT2D eigenvalue weighted by Crippen LogP contribution is -1.92. The summed E-state index contributed by atoms with van der Waals surface area (Å²) in [5.41, 5.74) is 0. The molecule has 0 aromatic carbocycles. The minimum absolute atomic E-state index is 0.933. The minimum Gasteiger partial charge on any atom is -0.283 e. The number of rotatable bonds is 4. The standard InChI is InChI=1S/C8H17NS/c1-4-7-8(9-5-2)10-6-3/h4-7H2,1-3H3. The molecule has 0 aromatic heterocycles. The van der Waals surface area contributed by atoms with E-state index in [9.17, 15) is 0 Å². The highest BCUT2D eigenvalue weighted by molar-refractivity contribution is 8.13. The smallest absolute Gasteiger partial charge is 0.0675 e. The number of hydrogen-bond donors (Lipinski definition) is 0. The normalized spacial score (nSPS) is 12.1. The molecule has 0 aliphatic carbocycles. The van der Waals surface area contributed by atoms with Crippen LogP contribution in [0.2, 0.25) is 0 Å². The van der Waals surface area contributed by atoms with Crippen molar-refractivity contribution in [3.05, 3.63) is 0 Å². The van der Waals surface area contributed by atoms with Gasteiger partial charge >= 0.3 is 0 Å². The van der Waals surface area contributed by atoms with E-state index >= 15 is 0 Å². The molecule has 2 heteroatoms. The molecule has 0 saturated carbocycles. The van der Waals surface area contributed by atoms with Gasteiger partial charge in [-0.1, -0.05) is 20.3 Å². The molecule has 0 aliphatic rings. The third kappa shape index (κ3) is 4.86. The van der Waals surface area contributed by atoms with Crippen LogP contribution in [-0.4, -0.2) is 17.3 Å². The van der Waals surface area contributed by atoms with E-state index < -0.39 is 0 Å². The van der Waals surface area contributed by atoms with Crippen LogP contribution in [0.1, 0.15) is 33.6 Å². The summed E-state index contributed by atoms with van der Waals surface area (Å²) in [6, 6.07) is 0. The first-order valence-electron chi connectivity index (χ1n) is 4.01. The Balaban J connectivity index is 3.60. The molecule has 0 fully saturated rings. The summed E-state index contributed by atoms with van der Waals surface area (Å²) in [5, 5.41) is 1.33. The van der Waals surface area contributed by atoms with Gasteiger partial charge in [0, 0.05) is 6.54 Å². The van der Waals surface area contributed by atoms with Crippen LogP contribution in [0.15, 0.2) is 4.99 Å². The van der Waals surface area contributed by atoms with Crippen molar-refractivity contribution in [2.45, 2.75) is 33.6 Å². The topological polar surface area (TPSA) is 12.4 Å². The Morgan fingerprint density at radius 3 is 2.40 bits per heavy atom. The molecule has 0 N–H and O–H groups in total. The average molecular weight is 159 g/mol. The maximum atomic E-state index is 4.38. The van der Waals surface area contributed by atoms with Gasteiger partial charge in [0.2, 0.25) is 0 Å². The first kappa shape index (κ1) is 10.0. The van der Waals surface area contributed by atoms with Gasteiger partial charge in [0.25, 0.3) is 0 Å². The van der Waals surface area contributed by atoms with E-state index in [-0.39, 0.29) is 0 Å². The molecule has 0 saturated heterocycles. The molecule has 0 radical (unpaired) electrons. The highest BCUT2D eigenvalue weighted by Crippen LogP contribution is 2.08. The molecule has 0 aliphatic heterocycles. The van der Waals surface area contributed by atoms with Gasteiger partial charge < -0.3 is 0 Å². The van der Waals surface area contributed by atoms with Crippen molar-refractivity contribution in [3.8, 4) is 0 Å². The quantitative estimate of drug-likeness (QED) is 0.454. The van der Waals surface area contributed by atoms with Crippen molar-refractivity contribution >= 4 is 16.8 Å². The Morgan fingerprint density at radius 2 is 2.00 bits per heavy atom. The minimum atomic E-state index is 0.933. The fourth-order valence-electron chi connectivity index (χ4n) is 0.754. The van der Waals surface area contributed by atoms with Crippen molar-refractivity contribution in [2.75, 3.05) is 12.3 Å². The Labute approximate surface area is 68.3 Å². The van der Waals surface area contributed by atoms with Crippen LogP contribution < -0.4 is 0 Å². The Bertz CT molecular complexity index is 91.4. The highest BCUT2D eigenvalue weighted by Gasteiger charge is 1.94. The Morgan fingerprint density at radius 1 is 1.30 bits per heavy atom. The van der Waals surface area contributed by atoms with Gasteiger partial charge in [0.05, 0.1) is 5.04 Å². The molecular weight excluding hydrogens is 142 g/mol. The maximum absolute atomic E-state index is 4.38. The van der Waals surface area contributed by atoms with E-state index in [1.54, 1.807) is 0 Å². The largest absolute Gasteiger partial charge is 0.283 e. The van der Waals surface area contributed by atoms with Crippen LogP contribution in [-0.2, 0) is 0 Å². The summed E-state index contributed by atoms with van der Waals surface area (Å²) in [6.45, 7) is 7.39. The van der Waals surface area contributed by atoms with E-state index in [4.69, 9.17) is 0 Å². The zero-order chi connectivity index (χ0) is 7.82. The van der Waals surface area contributed by atoms with Gasteiger partial charge in [-0.2, -0.15) is 0 Å². The molecule has 0 spiro atoms. The highest BCUT2D eigenvalue weighted by atomic mass is 32.2. The second-order valence-electron chi connectivity index (χ2n) is 2.05. The molecule has 10 heavy (non-hydrogen) atoms. The van der Waals surface area contributed by atoms with Gasteiger partial charge in [0.1, 0.15) is 0 Å². The van der Waals surface area contributed by atoms with Crippen molar-refractivity contribution in [2.24, 2.45) is 4.99 Å². The molecule has 0 aromatic rings. The van der Waals surface area contributed by atoms with E-state index in [1.165, 1.54) is 11.5 Å². The van der Waals surface area contributed by atoms with E-state index in [2.05, 4.69) is 25.8 Å². The Hall–Kier alpha value is 0.0200. The van der Waals surface area contributed by atoms with Crippen LogP contribution >= 0.6 is 11.8 Å². The zero-order valence-corrected chi connectivity index (χ0v) is 8.00. The van der Waals surface area contributed by atoms with Crippen molar-refractivity contribution in [1.29, 1.82) is 0 Å². The summed E-state index contributed by atoms with van der Waals surface area (Å²) in [6.07, 6.45) is 2.37. The van der Waals surface area contributed by atoms with E-state index in [1.807, 2.05) is 11.8 Å². The van der Waals surface area contributed by atoms with Crippen LogP contribution in [0.25, 0.3) is 0 Å². The first-order valence-corrected chi connectivity index (χ1v) is 4.99. The summed E-state index contributed by atoms with van der Waals surface area (Å²) >= 11 is 1.88. The first-order chi connectivity index (χ1) is 4.85. The second kappa shape index (κ2) is 7.13. The molecular formula is C8H17NS. The molecule has 0 bridgehead atoms. The SMILES string of the molecule is CCCC(=NCC)SCC. The molecule has 1 nitrogen and oxygen atoms in total. The van der Waals surface area contributed by atoms with Crippen molar-refractivity contribution in [1.82, 2.24) is 0 Å². The van der Waals surface area contributed by atoms with Crippen LogP contribution in [0.4, 0.5) is 0 Å². The van der Waals surface area contributed by atoms with E-state index in [0.717, 1.165) is 18.7 Å². The number of aliphatic imine (C=N–C) groups is 1. The molecule has 0 unspecified atom stereocenters. The van der Waals surface area contributed by atoms with Crippen LogP contribution in [0.3, 0.4) is 0 Å².